The Kier molecular flexibility index (Phi) is 3.81. The van der Waals surface area contributed by atoms with E-state index in [1.807, 2.05) is 0 Å². The predicted molar refractivity (Wildman–Crippen MR) is 75.9 cm³/mol. The molecular weight excluding hydrogens is 291 g/mol. The number of halogens is 1. The molecule has 1 aliphatic heterocycles. The number of hydrogen-bond donors (Lipinski definition) is 2. The topological polar surface area (TPSA) is 82.6 Å². The van der Waals surface area contributed by atoms with Crippen LogP contribution in [0, 0.1) is 5.82 Å². The van der Waals surface area contributed by atoms with Crippen LogP contribution < -0.4 is 0 Å². The van der Waals surface area contributed by atoms with E-state index in [-0.39, 0.29) is 31.3 Å². The van der Waals surface area contributed by atoms with Gasteiger partial charge in [0, 0.05) is 23.6 Å². The molecule has 0 radical (unpaired) electrons. The highest BCUT2D eigenvalue weighted by atomic mass is 19.1. The maximum Gasteiger partial charge on any atom is 0.328 e. The first-order chi connectivity index (χ1) is 10.6. The molecule has 2 aromatic rings. The molecule has 0 unspecified atom stereocenters. The van der Waals surface area contributed by atoms with E-state index in [0.29, 0.717) is 12.1 Å². The minimum Gasteiger partial charge on any atom is -0.480 e. The second-order valence-corrected chi connectivity index (χ2v) is 5.20. The molecule has 1 aromatic heterocycles. The molecule has 1 aliphatic rings. The third kappa shape index (κ3) is 2.67. The van der Waals surface area contributed by atoms with Gasteiger partial charge in [0.2, 0.25) is 5.91 Å². The summed E-state index contributed by atoms with van der Waals surface area (Å²) in [5.41, 5.74) is 1.33. The highest BCUT2D eigenvalue weighted by Gasteiger charge is 2.32. The van der Waals surface area contributed by atoms with Crippen LogP contribution in [-0.4, -0.2) is 52.7 Å². The fraction of sp³-hybridized carbons (Fsp3) is 0.333. The zero-order valence-corrected chi connectivity index (χ0v) is 11.7. The normalized spacial score (nSPS) is 18.6. The lowest BCUT2D eigenvalue weighted by Gasteiger charge is -2.32. The highest BCUT2D eigenvalue weighted by Crippen LogP contribution is 2.21. The summed E-state index contributed by atoms with van der Waals surface area (Å²) in [5, 5.41) is 9.92. The number of carbonyl (C=O) groups excluding carboxylic acids is 1. The number of nitrogens with one attached hydrogen (secondary N) is 1. The molecule has 1 aromatic carbocycles. The van der Waals surface area contributed by atoms with Crippen LogP contribution in [0.25, 0.3) is 10.9 Å². The summed E-state index contributed by atoms with van der Waals surface area (Å²) in [7, 11) is 0. The smallest absolute Gasteiger partial charge is 0.328 e. The number of aromatic amines is 1. The maximum absolute atomic E-state index is 13.2. The molecule has 0 saturated carbocycles. The van der Waals surface area contributed by atoms with Crippen LogP contribution in [0.4, 0.5) is 4.39 Å². The van der Waals surface area contributed by atoms with Gasteiger partial charge in [0.15, 0.2) is 6.04 Å². The van der Waals surface area contributed by atoms with Crippen LogP contribution in [-0.2, 0) is 20.7 Å². The summed E-state index contributed by atoms with van der Waals surface area (Å²) in [5.74, 6) is -1.71. The quantitative estimate of drug-likeness (QED) is 0.891. The van der Waals surface area contributed by atoms with Crippen molar-refractivity contribution in [2.75, 3.05) is 19.8 Å². The van der Waals surface area contributed by atoms with Crippen molar-refractivity contribution in [3.63, 3.8) is 0 Å². The zero-order valence-electron chi connectivity index (χ0n) is 11.7. The lowest BCUT2D eigenvalue weighted by atomic mass is 10.1. The summed E-state index contributed by atoms with van der Waals surface area (Å²) in [6, 6.07) is 3.35. The summed E-state index contributed by atoms with van der Waals surface area (Å²) in [6.07, 6.45) is 1.72. The van der Waals surface area contributed by atoms with Crippen LogP contribution in [0.15, 0.2) is 24.4 Å². The number of H-pyrrole nitrogens is 1. The van der Waals surface area contributed by atoms with Crippen molar-refractivity contribution in [2.24, 2.45) is 0 Å². The van der Waals surface area contributed by atoms with Gasteiger partial charge in [-0.05, 0) is 23.8 Å². The summed E-state index contributed by atoms with van der Waals surface area (Å²) in [4.78, 5) is 27.9. The molecule has 2 heterocycles. The van der Waals surface area contributed by atoms with E-state index in [4.69, 9.17) is 9.84 Å². The van der Waals surface area contributed by atoms with Gasteiger partial charge < -0.3 is 19.7 Å². The second-order valence-electron chi connectivity index (χ2n) is 5.20. The van der Waals surface area contributed by atoms with Crippen LogP contribution in [0.5, 0.6) is 0 Å². The van der Waals surface area contributed by atoms with E-state index in [9.17, 15) is 14.0 Å². The van der Waals surface area contributed by atoms with E-state index in [0.717, 1.165) is 10.9 Å². The van der Waals surface area contributed by atoms with Crippen LogP contribution in [0.1, 0.15) is 5.56 Å². The average Bonchev–Trinajstić information content (AvgIpc) is 2.89. The number of nitrogens with zero attached hydrogens (tertiary/aromatic N) is 1. The van der Waals surface area contributed by atoms with Crippen LogP contribution in [0.3, 0.4) is 0 Å². The number of morpholine rings is 1. The molecule has 1 fully saturated rings. The average molecular weight is 306 g/mol. The van der Waals surface area contributed by atoms with Gasteiger partial charge in [-0.3, -0.25) is 4.79 Å². The van der Waals surface area contributed by atoms with Crippen molar-refractivity contribution in [3.05, 3.63) is 35.8 Å². The van der Waals surface area contributed by atoms with Crippen molar-refractivity contribution in [1.82, 2.24) is 9.88 Å². The van der Waals surface area contributed by atoms with Gasteiger partial charge >= 0.3 is 5.97 Å². The number of fused-ring (bicyclic) bond motifs is 1. The Morgan fingerprint density at radius 3 is 3.05 bits per heavy atom. The minimum absolute atomic E-state index is 0.000168. The van der Waals surface area contributed by atoms with Crippen LogP contribution in [0.2, 0.25) is 0 Å². The number of aromatic nitrogens is 1. The Labute approximate surface area is 125 Å². The van der Waals surface area contributed by atoms with Crippen molar-refractivity contribution in [1.29, 1.82) is 0 Å². The monoisotopic (exact) mass is 306 g/mol. The molecule has 116 valence electrons. The second kappa shape index (κ2) is 5.76. The fourth-order valence-corrected chi connectivity index (χ4v) is 2.68. The van der Waals surface area contributed by atoms with Crippen LogP contribution >= 0.6 is 0 Å². The lowest BCUT2D eigenvalue weighted by Crippen LogP contribution is -2.53. The molecule has 22 heavy (non-hydrogen) atoms. The van der Waals surface area contributed by atoms with Gasteiger partial charge in [-0.15, -0.1) is 0 Å². The Hall–Kier alpha value is -2.41. The van der Waals surface area contributed by atoms with Gasteiger partial charge in [-0.25, -0.2) is 9.18 Å². The highest BCUT2D eigenvalue weighted by molar-refractivity contribution is 5.90. The van der Waals surface area contributed by atoms with Gasteiger partial charge in [-0.2, -0.15) is 0 Å². The van der Waals surface area contributed by atoms with Gasteiger partial charge in [0.1, 0.15) is 5.82 Å². The standard InChI is InChI=1S/C15H15FN2O4/c16-10-1-2-11-9(7-17-12(11)6-10)5-14(19)18-3-4-22-8-13(18)15(20)21/h1-2,6-7,13,17H,3-5,8H2,(H,20,21)/t13-/m1/s1. The molecule has 1 atom stereocenters. The molecule has 1 saturated heterocycles. The van der Waals surface area contributed by atoms with E-state index >= 15 is 0 Å². The summed E-state index contributed by atoms with van der Waals surface area (Å²) >= 11 is 0. The van der Waals surface area contributed by atoms with E-state index in [1.54, 1.807) is 12.3 Å². The predicted octanol–water partition coefficient (Wildman–Crippen LogP) is 1.16. The number of benzene rings is 1. The van der Waals surface area contributed by atoms with Crippen molar-refractivity contribution < 1.29 is 23.8 Å². The van der Waals surface area contributed by atoms with E-state index in [2.05, 4.69) is 4.98 Å². The maximum atomic E-state index is 13.2. The number of carboxylic acids is 1. The number of carboxylic acid groups (broad SMARTS) is 1. The number of carbonyl (C=O) groups is 2. The third-order valence-corrected chi connectivity index (χ3v) is 3.81. The molecule has 6 nitrogen and oxygen atoms in total. The molecule has 3 rings (SSSR count). The number of rotatable bonds is 3. The number of aliphatic carboxylic acids is 1. The number of hydrogen-bond acceptors (Lipinski definition) is 3. The van der Waals surface area contributed by atoms with Gasteiger partial charge in [0.25, 0.3) is 0 Å². The fourth-order valence-electron chi connectivity index (χ4n) is 2.68. The molecular formula is C15H15FN2O4. The first kappa shape index (κ1) is 14.5. The first-order valence-corrected chi connectivity index (χ1v) is 6.92. The van der Waals surface area contributed by atoms with E-state index in [1.165, 1.54) is 17.0 Å². The third-order valence-electron chi connectivity index (χ3n) is 3.81. The number of ether oxygens (including phenoxy) is 1. The van der Waals surface area contributed by atoms with Gasteiger partial charge in [-0.1, -0.05) is 0 Å². The SMILES string of the molecule is O=C(O)[C@H]1COCCN1C(=O)Cc1c[nH]c2cc(F)ccc12. The van der Waals surface area contributed by atoms with Gasteiger partial charge in [0.05, 0.1) is 19.6 Å². The van der Waals surface area contributed by atoms with Crippen molar-refractivity contribution in [3.8, 4) is 0 Å². The van der Waals surface area contributed by atoms with E-state index < -0.39 is 12.0 Å². The minimum atomic E-state index is -1.07. The molecule has 2 N–H and O–H groups in total. The summed E-state index contributed by atoms with van der Waals surface area (Å²) < 4.78 is 18.3. The Balaban J connectivity index is 1.81. The Bertz CT molecular complexity index is 727. The molecule has 0 bridgehead atoms. The largest absolute Gasteiger partial charge is 0.480 e. The Morgan fingerprint density at radius 2 is 2.27 bits per heavy atom. The van der Waals surface area contributed by atoms with Crippen molar-refractivity contribution >= 4 is 22.8 Å². The lowest BCUT2D eigenvalue weighted by molar-refractivity contribution is -0.157. The summed E-state index contributed by atoms with van der Waals surface area (Å²) in [6.45, 7) is 0.585. The molecule has 0 aliphatic carbocycles. The Morgan fingerprint density at radius 1 is 1.45 bits per heavy atom. The zero-order chi connectivity index (χ0) is 15.7. The molecule has 1 amide bonds. The van der Waals surface area contributed by atoms with Crippen molar-refractivity contribution in [2.45, 2.75) is 12.5 Å². The molecule has 0 spiro atoms. The molecule has 7 heteroatoms. The first-order valence-electron chi connectivity index (χ1n) is 6.92. The number of amides is 1.